The predicted octanol–water partition coefficient (Wildman–Crippen LogP) is 3.86. The van der Waals surface area contributed by atoms with Crippen LogP contribution in [-0.2, 0) is 13.1 Å². The summed E-state index contributed by atoms with van der Waals surface area (Å²) in [6.45, 7) is 1.25. The molecule has 0 spiro atoms. The van der Waals surface area contributed by atoms with E-state index in [1.54, 1.807) is 0 Å². The van der Waals surface area contributed by atoms with E-state index in [2.05, 4.69) is 21.6 Å². The molecule has 2 aromatic rings. The Labute approximate surface area is 140 Å². The van der Waals surface area contributed by atoms with Gasteiger partial charge in [-0.15, -0.1) is 0 Å². The van der Waals surface area contributed by atoms with Gasteiger partial charge in [-0.05, 0) is 43.4 Å². The van der Waals surface area contributed by atoms with Crippen molar-refractivity contribution in [3.63, 3.8) is 0 Å². The van der Waals surface area contributed by atoms with Crippen LogP contribution >= 0.6 is 11.6 Å². The third kappa shape index (κ3) is 5.54. The van der Waals surface area contributed by atoms with Crippen molar-refractivity contribution in [2.45, 2.75) is 13.1 Å². The number of halogens is 2. The van der Waals surface area contributed by atoms with Crippen LogP contribution in [0.5, 0.6) is 0 Å². The molecule has 0 saturated heterocycles. The normalized spacial score (nSPS) is 10.7. The Morgan fingerprint density at radius 2 is 1.91 bits per heavy atom. The third-order valence-corrected chi connectivity index (χ3v) is 3.41. The molecule has 0 atom stereocenters. The Hall–Kier alpha value is -2.11. The average Bonchev–Trinajstić information content (AvgIpc) is 2.49. The summed E-state index contributed by atoms with van der Waals surface area (Å²) in [6.07, 6.45) is 0. The van der Waals surface area contributed by atoms with Crippen LogP contribution in [0.3, 0.4) is 0 Å². The largest absolute Gasteiger partial charge is 0.334 e. The van der Waals surface area contributed by atoms with Gasteiger partial charge in [0.15, 0.2) is 0 Å². The Morgan fingerprint density at radius 1 is 1.17 bits per heavy atom. The molecule has 0 aromatic heterocycles. The van der Waals surface area contributed by atoms with Gasteiger partial charge >= 0.3 is 6.03 Å². The van der Waals surface area contributed by atoms with Crippen LogP contribution in [0.4, 0.5) is 14.9 Å². The zero-order chi connectivity index (χ0) is 16.8. The van der Waals surface area contributed by atoms with Gasteiger partial charge in [0.05, 0.1) is 5.02 Å². The minimum absolute atomic E-state index is 0.0285. The Morgan fingerprint density at radius 3 is 2.61 bits per heavy atom. The first kappa shape index (κ1) is 17.2. The highest BCUT2D eigenvalue weighted by atomic mass is 35.5. The molecule has 4 nitrogen and oxygen atoms in total. The molecule has 0 heterocycles. The molecule has 0 aliphatic carbocycles. The fourth-order valence-corrected chi connectivity index (χ4v) is 2.32. The molecule has 2 amide bonds. The van der Waals surface area contributed by atoms with Crippen molar-refractivity contribution in [1.82, 2.24) is 10.2 Å². The molecule has 0 radical (unpaired) electrons. The van der Waals surface area contributed by atoms with Crippen LogP contribution in [0.2, 0.25) is 5.02 Å². The van der Waals surface area contributed by atoms with Gasteiger partial charge in [0, 0.05) is 18.8 Å². The molecule has 0 bridgehead atoms. The number of hydrogen-bond acceptors (Lipinski definition) is 2. The minimum atomic E-state index is -0.518. The Bertz CT molecular complexity index is 691. The summed E-state index contributed by atoms with van der Waals surface area (Å²) in [7, 11) is 4.01. The molecule has 0 unspecified atom stereocenters. The molecular weight excluding hydrogens is 317 g/mol. The van der Waals surface area contributed by atoms with Crippen molar-refractivity contribution in [3.8, 4) is 0 Å². The number of hydrogen-bond donors (Lipinski definition) is 2. The molecule has 122 valence electrons. The molecule has 2 N–H and O–H groups in total. The lowest BCUT2D eigenvalue weighted by Gasteiger charge is -2.12. The molecule has 0 fully saturated rings. The molecule has 6 heteroatoms. The molecule has 23 heavy (non-hydrogen) atoms. The van der Waals surface area contributed by atoms with Crippen molar-refractivity contribution in [3.05, 3.63) is 64.4 Å². The summed E-state index contributed by atoms with van der Waals surface area (Å²) in [4.78, 5) is 14.0. The number of nitrogens with zero attached hydrogens (tertiary/aromatic N) is 1. The Balaban J connectivity index is 1.90. The smallest absolute Gasteiger partial charge is 0.319 e. The first-order valence-corrected chi connectivity index (χ1v) is 7.54. The van der Waals surface area contributed by atoms with Gasteiger partial charge in [0.1, 0.15) is 5.82 Å². The van der Waals surface area contributed by atoms with E-state index >= 15 is 0 Å². The number of carbonyl (C=O) groups excluding carboxylic acids is 1. The average molecular weight is 336 g/mol. The summed E-state index contributed by atoms with van der Waals surface area (Å²) in [5, 5.41) is 5.35. The number of rotatable bonds is 5. The van der Waals surface area contributed by atoms with E-state index in [4.69, 9.17) is 11.6 Å². The molecule has 0 aliphatic heterocycles. The monoisotopic (exact) mass is 335 g/mol. The summed E-state index contributed by atoms with van der Waals surface area (Å²) >= 11 is 5.68. The van der Waals surface area contributed by atoms with E-state index in [0.717, 1.165) is 12.1 Å². The second-order valence-corrected chi connectivity index (χ2v) is 5.90. The van der Waals surface area contributed by atoms with Crippen LogP contribution in [0.25, 0.3) is 0 Å². The highest BCUT2D eigenvalue weighted by Gasteiger charge is 2.05. The molecule has 0 saturated carbocycles. The number of anilines is 1. The van der Waals surface area contributed by atoms with Crippen LogP contribution in [0.1, 0.15) is 11.1 Å². The first-order chi connectivity index (χ1) is 10.9. The Kier molecular flexibility index (Phi) is 5.96. The number of amides is 2. The molecular formula is C17H19ClFN3O. The van der Waals surface area contributed by atoms with Crippen LogP contribution in [0, 0.1) is 5.82 Å². The second kappa shape index (κ2) is 7.94. The zero-order valence-corrected chi connectivity index (χ0v) is 13.8. The lowest BCUT2D eigenvalue weighted by atomic mass is 10.1. The van der Waals surface area contributed by atoms with Gasteiger partial charge in [-0.3, -0.25) is 0 Å². The fourth-order valence-electron chi connectivity index (χ4n) is 2.13. The van der Waals surface area contributed by atoms with Crippen LogP contribution in [0.15, 0.2) is 42.5 Å². The van der Waals surface area contributed by atoms with Crippen molar-refractivity contribution in [2.24, 2.45) is 0 Å². The summed E-state index contributed by atoms with van der Waals surface area (Å²) in [5.41, 5.74) is 2.63. The molecule has 0 aliphatic rings. The highest BCUT2D eigenvalue weighted by molar-refractivity contribution is 6.31. The van der Waals surface area contributed by atoms with Crippen LogP contribution in [-0.4, -0.2) is 25.0 Å². The van der Waals surface area contributed by atoms with Crippen molar-refractivity contribution in [2.75, 3.05) is 19.4 Å². The summed E-state index contributed by atoms with van der Waals surface area (Å²) in [5.74, 6) is -0.518. The lowest BCUT2D eigenvalue weighted by molar-refractivity contribution is 0.251. The molecule has 2 rings (SSSR count). The third-order valence-electron chi connectivity index (χ3n) is 3.12. The number of carbonyl (C=O) groups is 1. The zero-order valence-electron chi connectivity index (χ0n) is 13.1. The van der Waals surface area contributed by atoms with E-state index < -0.39 is 5.82 Å². The van der Waals surface area contributed by atoms with Crippen LogP contribution < -0.4 is 10.6 Å². The van der Waals surface area contributed by atoms with Crippen molar-refractivity contribution in [1.29, 1.82) is 0 Å². The number of benzene rings is 2. The van der Waals surface area contributed by atoms with E-state index in [1.165, 1.54) is 23.8 Å². The SMILES string of the molecule is CN(C)Cc1cccc(CNC(=O)Nc2ccc(F)c(Cl)c2)c1. The van der Waals surface area contributed by atoms with Gasteiger partial charge in [0.25, 0.3) is 0 Å². The quantitative estimate of drug-likeness (QED) is 0.871. The predicted molar refractivity (Wildman–Crippen MR) is 91.1 cm³/mol. The fraction of sp³-hybridized carbons (Fsp3) is 0.235. The second-order valence-electron chi connectivity index (χ2n) is 5.49. The van der Waals surface area contributed by atoms with E-state index in [1.807, 2.05) is 32.3 Å². The number of nitrogens with one attached hydrogen (secondary N) is 2. The van der Waals surface area contributed by atoms with Gasteiger partial charge in [-0.1, -0.05) is 35.9 Å². The van der Waals surface area contributed by atoms with Gasteiger partial charge in [-0.25, -0.2) is 9.18 Å². The number of urea groups is 1. The maximum absolute atomic E-state index is 13.1. The minimum Gasteiger partial charge on any atom is -0.334 e. The summed E-state index contributed by atoms with van der Waals surface area (Å²) < 4.78 is 13.1. The van der Waals surface area contributed by atoms with Gasteiger partial charge in [-0.2, -0.15) is 0 Å². The van der Waals surface area contributed by atoms with Crippen molar-refractivity contribution >= 4 is 23.3 Å². The van der Waals surface area contributed by atoms with E-state index in [-0.39, 0.29) is 11.1 Å². The first-order valence-electron chi connectivity index (χ1n) is 7.16. The van der Waals surface area contributed by atoms with E-state index in [0.29, 0.717) is 12.2 Å². The lowest BCUT2D eigenvalue weighted by Crippen LogP contribution is -2.28. The summed E-state index contributed by atoms with van der Waals surface area (Å²) in [6, 6.07) is 11.7. The van der Waals surface area contributed by atoms with E-state index in [9.17, 15) is 9.18 Å². The highest BCUT2D eigenvalue weighted by Crippen LogP contribution is 2.19. The molecule has 2 aromatic carbocycles. The van der Waals surface area contributed by atoms with Crippen molar-refractivity contribution < 1.29 is 9.18 Å². The van der Waals surface area contributed by atoms with Gasteiger partial charge in [0.2, 0.25) is 0 Å². The standard InChI is InChI=1S/C17H19ClFN3O/c1-22(2)11-13-5-3-4-12(8-13)10-20-17(23)21-14-6-7-16(19)15(18)9-14/h3-9H,10-11H2,1-2H3,(H2,20,21,23). The topological polar surface area (TPSA) is 44.4 Å². The van der Waals surface area contributed by atoms with Gasteiger partial charge < -0.3 is 15.5 Å². The maximum Gasteiger partial charge on any atom is 0.319 e. The maximum atomic E-state index is 13.1.